The molecule has 2 heterocycles. The zero-order chi connectivity index (χ0) is 20.1. The molecular formula is C22H17N5O2. The first-order valence-electron chi connectivity index (χ1n) is 9.21. The number of imidazole rings is 1. The fourth-order valence-corrected chi connectivity index (χ4v) is 3.67. The van der Waals surface area contributed by atoms with Crippen LogP contribution in [0, 0.1) is 24.2 Å². The fraction of sp³-hybridized carbons (Fsp3) is 0.136. The van der Waals surface area contributed by atoms with Gasteiger partial charge in [-0.25, -0.2) is 9.78 Å². The summed E-state index contributed by atoms with van der Waals surface area (Å²) in [5, 5.41) is 4.33. The van der Waals surface area contributed by atoms with Crippen molar-refractivity contribution in [2.45, 2.75) is 6.42 Å². The maximum Gasteiger partial charge on any atom is 0.331 e. The van der Waals surface area contributed by atoms with Gasteiger partial charge >= 0.3 is 5.69 Å². The minimum absolute atomic E-state index is 0.00597. The first-order valence-corrected chi connectivity index (χ1v) is 9.21. The van der Waals surface area contributed by atoms with Gasteiger partial charge in [-0.1, -0.05) is 12.1 Å². The largest absolute Gasteiger partial charge is 0.398 e. The van der Waals surface area contributed by atoms with Crippen molar-refractivity contribution in [2.75, 3.05) is 11.1 Å². The molecule has 0 saturated heterocycles. The summed E-state index contributed by atoms with van der Waals surface area (Å²) in [6, 6.07) is 12.8. The third-order valence-electron chi connectivity index (χ3n) is 5.29. The number of aromatic nitrogens is 3. The van der Waals surface area contributed by atoms with Crippen molar-refractivity contribution in [3.05, 3.63) is 59.1 Å². The summed E-state index contributed by atoms with van der Waals surface area (Å²) in [5.41, 5.74) is 8.61. The summed E-state index contributed by atoms with van der Waals surface area (Å²) in [6.45, 7) is 0. The van der Waals surface area contributed by atoms with E-state index in [0.29, 0.717) is 23.6 Å². The van der Waals surface area contributed by atoms with Crippen LogP contribution in [0.4, 0.5) is 11.5 Å². The molecule has 29 heavy (non-hydrogen) atoms. The number of anilines is 2. The number of pyridine rings is 1. The predicted molar refractivity (Wildman–Crippen MR) is 113 cm³/mol. The lowest BCUT2D eigenvalue weighted by atomic mass is 10.1. The molecule has 1 unspecified atom stereocenters. The molecule has 4 aromatic rings. The summed E-state index contributed by atoms with van der Waals surface area (Å²) in [6.07, 6.45) is 7.69. The number of H-pyrrole nitrogens is 1. The number of amides is 1. The molecule has 1 aliphatic rings. The standard InChI is InChI=1S/C22H17N5O2/c1-2-12-8-15(12)21(28)26-20-9-13-7-14(10-17(23)16(13)11-24-20)27-19-6-4-3-5-18(19)25-22(27)29/h1,3-7,9-12,15H,8,23H2,(H,25,29)(H,24,26,28)/t12-,15?/m0/s1. The first kappa shape index (κ1) is 17.1. The third-order valence-corrected chi connectivity index (χ3v) is 5.29. The quantitative estimate of drug-likeness (QED) is 0.373. The van der Waals surface area contributed by atoms with Crippen LogP contribution in [0.15, 0.2) is 53.5 Å². The smallest absolute Gasteiger partial charge is 0.331 e. The SMILES string of the molecule is C#C[C@H]1CC1C(=O)Nc1cc2cc(-n3c(=O)[nH]c4ccccc43)cc(N)c2cn1. The van der Waals surface area contributed by atoms with Crippen molar-refractivity contribution < 1.29 is 4.79 Å². The van der Waals surface area contributed by atoms with Gasteiger partial charge in [0, 0.05) is 23.2 Å². The minimum atomic E-state index is -0.249. The molecule has 1 fully saturated rings. The van der Waals surface area contributed by atoms with Crippen molar-refractivity contribution in [3.8, 4) is 18.0 Å². The van der Waals surface area contributed by atoms with Crippen molar-refractivity contribution in [2.24, 2.45) is 11.8 Å². The van der Waals surface area contributed by atoms with Crippen molar-refractivity contribution in [1.29, 1.82) is 0 Å². The lowest BCUT2D eigenvalue weighted by Gasteiger charge is -2.10. The summed E-state index contributed by atoms with van der Waals surface area (Å²) in [5.74, 6) is 2.75. The number of nitrogens with zero attached hydrogens (tertiary/aromatic N) is 2. The molecule has 2 aromatic carbocycles. The number of rotatable bonds is 3. The lowest BCUT2D eigenvalue weighted by Crippen LogP contribution is -2.16. The molecule has 1 amide bonds. The Bertz CT molecular complexity index is 1390. The highest BCUT2D eigenvalue weighted by atomic mass is 16.2. The van der Waals surface area contributed by atoms with Gasteiger partial charge in [0.15, 0.2) is 0 Å². The molecule has 0 bridgehead atoms. The molecule has 4 N–H and O–H groups in total. The summed E-state index contributed by atoms with van der Waals surface area (Å²) >= 11 is 0. The highest BCUT2D eigenvalue weighted by Gasteiger charge is 2.41. The second-order valence-electron chi connectivity index (χ2n) is 7.21. The number of nitrogen functional groups attached to an aromatic ring is 1. The maximum absolute atomic E-state index is 12.5. The Labute approximate surface area is 165 Å². The van der Waals surface area contributed by atoms with Crippen molar-refractivity contribution in [1.82, 2.24) is 14.5 Å². The highest BCUT2D eigenvalue weighted by molar-refractivity contribution is 5.99. The van der Waals surface area contributed by atoms with Gasteiger partial charge < -0.3 is 16.0 Å². The van der Waals surface area contributed by atoms with Gasteiger partial charge in [0.25, 0.3) is 0 Å². The second kappa shape index (κ2) is 6.24. The topological polar surface area (TPSA) is 106 Å². The Kier molecular flexibility index (Phi) is 3.68. The number of fused-ring (bicyclic) bond motifs is 2. The maximum atomic E-state index is 12.5. The van der Waals surface area contributed by atoms with Crippen LogP contribution in [0.2, 0.25) is 0 Å². The highest BCUT2D eigenvalue weighted by Crippen LogP contribution is 2.38. The predicted octanol–water partition coefficient (Wildman–Crippen LogP) is 2.66. The number of para-hydroxylation sites is 2. The average Bonchev–Trinajstić information content (AvgIpc) is 3.42. The van der Waals surface area contributed by atoms with Crippen LogP contribution < -0.4 is 16.7 Å². The number of hydrogen-bond acceptors (Lipinski definition) is 4. The van der Waals surface area contributed by atoms with Crippen LogP contribution in [0.25, 0.3) is 27.5 Å². The van der Waals surface area contributed by atoms with E-state index in [4.69, 9.17) is 12.2 Å². The van der Waals surface area contributed by atoms with Gasteiger partial charge in [0.05, 0.1) is 22.6 Å². The van der Waals surface area contributed by atoms with E-state index < -0.39 is 0 Å². The molecule has 1 saturated carbocycles. The Morgan fingerprint density at radius 1 is 1.31 bits per heavy atom. The van der Waals surface area contributed by atoms with E-state index in [-0.39, 0.29) is 23.4 Å². The number of benzene rings is 2. The molecule has 1 aliphatic carbocycles. The minimum Gasteiger partial charge on any atom is -0.398 e. The molecule has 142 valence electrons. The molecule has 0 aliphatic heterocycles. The second-order valence-corrected chi connectivity index (χ2v) is 7.21. The Balaban J connectivity index is 1.58. The van der Waals surface area contributed by atoms with Crippen molar-refractivity contribution >= 4 is 39.2 Å². The number of terminal acetylenes is 1. The van der Waals surface area contributed by atoms with E-state index >= 15 is 0 Å². The molecule has 7 heteroatoms. The van der Waals surface area contributed by atoms with Gasteiger partial charge in [0.2, 0.25) is 5.91 Å². The number of hydrogen-bond donors (Lipinski definition) is 3. The van der Waals surface area contributed by atoms with E-state index in [2.05, 4.69) is 21.2 Å². The van der Waals surface area contributed by atoms with Gasteiger partial charge in [-0.15, -0.1) is 12.3 Å². The van der Waals surface area contributed by atoms with E-state index in [1.165, 1.54) is 0 Å². The number of nitrogens with two attached hydrogens (primary N) is 1. The average molecular weight is 383 g/mol. The van der Waals surface area contributed by atoms with Crippen LogP contribution in [0.1, 0.15) is 6.42 Å². The van der Waals surface area contributed by atoms with Crippen molar-refractivity contribution in [3.63, 3.8) is 0 Å². The van der Waals surface area contributed by atoms with E-state index in [1.807, 2.05) is 30.3 Å². The first-order chi connectivity index (χ1) is 14.0. The lowest BCUT2D eigenvalue weighted by molar-refractivity contribution is -0.117. The summed E-state index contributed by atoms with van der Waals surface area (Å²) < 4.78 is 1.57. The van der Waals surface area contributed by atoms with Crippen LogP contribution in [-0.4, -0.2) is 20.4 Å². The molecule has 0 spiro atoms. The molecule has 2 aromatic heterocycles. The summed E-state index contributed by atoms with van der Waals surface area (Å²) in [4.78, 5) is 31.9. The van der Waals surface area contributed by atoms with Gasteiger partial charge in [-0.2, -0.15) is 0 Å². The van der Waals surface area contributed by atoms with E-state index in [0.717, 1.165) is 21.8 Å². The molecule has 2 atom stereocenters. The van der Waals surface area contributed by atoms with Crippen LogP contribution in [0.3, 0.4) is 0 Å². The fourth-order valence-electron chi connectivity index (χ4n) is 3.67. The van der Waals surface area contributed by atoms with Gasteiger partial charge in [-0.3, -0.25) is 9.36 Å². The normalized spacial score (nSPS) is 17.9. The van der Waals surface area contributed by atoms with Crippen LogP contribution in [0.5, 0.6) is 0 Å². The summed E-state index contributed by atoms with van der Waals surface area (Å²) in [7, 11) is 0. The Morgan fingerprint density at radius 2 is 2.14 bits per heavy atom. The van der Waals surface area contributed by atoms with Crippen LogP contribution >= 0.6 is 0 Å². The number of nitrogens with one attached hydrogen (secondary N) is 2. The van der Waals surface area contributed by atoms with Gasteiger partial charge in [0.1, 0.15) is 5.82 Å². The number of carbonyl (C=O) groups excluding carboxylic acids is 1. The van der Waals surface area contributed by atoms with E-state index in [1.54, 1.807) is 22.9 Å². The number of carbonyl (C=O) groups is 1. The van der Waals surface area contributed by atoms with Crippen LogP contribution in [-0.2, 0) is 4.79 Å². The Hall–Kier alpha value is -4.05. The Morgan fingerprint density at radius 3 is 2.93 bits per heavy atom. The monoisotopic (exact) mass is 383 g/mol. The molecule has 7 nitrogen and oxygen atoms in total. The van der Waals surface area contributed by atoms with E-state index in [9.17, 15) is 9.59 Å². The molecule has 0 radical (unpaired) electrons. The third kappa shape index (κ3) is 2.82. The van der Waals surface area contributed by atoms with Gasteiger partial charge in [-0.05, 0) is 42.1 Å². The zero-order valence-electron chi connectivity index (χ0n) is 15.3. The zero-order valence-corrected chi connectivity index (χ0v) is 15.3. The molecule has 5 rings (SSSR count). The number of aromatic amines is 1. The molecular weight excluding hydrogens is 366 g/mol.